The standard InChI is InChI=1S/C33H34FN7O3/c1-21(2)41(23-5-9-35-10-6-23)32(42)25-13-22(34)3-4-28(25)44-30-17-37-20-39-31(30)40-18-33(19-40)14-24(15-33)43-29-8-12-38-27-7-11-36-16-26(27)29/h3-6,8-10,12-13,17,20-21,24,36H,7,11,14-16,18-19H2,1-2H3. The molecule has 3 aliphatic rings. The summed E-state index contributed by atoms with van der Waals surface area (Å²) in [7, 11) is 0. The highest BCUT2D eigenvalue weighted by Crippen LogP contribution is 2.52. The van der Waals surface area contributed by atoms with Gasteiger partial charge in [-0.1, -0.05) is 0 Å². The Labute approximate surface area is 255 Å². The van der Waals surface area contributed by atoms with Gasteiger partial charge in [0.15, 0.2) is 11.6 Å². The summed E-state index contributed by atoms with van der Waals surface area (Å²) in [6.07, 6.45) is 11.2. The monoisotopic (exact) mass is 595 g/mol. The molecule has 0 atom stereocenters. The molecule has 10 nitrogen and oxygen atoms in total. The molecule has 1 spiro atoms. The molecule has 2 aliphatic heterocycles. The number of anilines is 2. The molecule has 2 fully saturated rings. The maximum atomic E-state index is 14.5. The van der Waals surface area contributed by atoms with Gasteiger partial charge >= 0.3 is 0 Å². The molecule has 1 saturated heterocycles. The second-order valence-corrected chi connectivity index (χ2v) is 12.1. The SMILES string of the molecule is CC(C)N(C(=O)c1cc(F)ccc1Oc1cncnc1N1CC2(CC(Oc3ccnc4c3CNCC4)C2)C1)c1ccncc1. The number of nitrogens with one attached hydrogen (secondary N) is 1. The molecule has 0 unspecified atom stereocenters. The molecular formula is C33H34FN7O3. The molecule has 1 saturated carbocycles. The van der Waals surface area contributed by atoms with E-state index in [0.717, 1.165) is 56.9 Å². The number of amides is 1. The lowest BCUT2D eigenvalue weighted by Gasteiger charge is -2.59. The lowest BCUT2D eigenvalue weighted by molar-refractivity contribution is -0.0349. The topological polar surface area (TPSA) is 106 Å². The Morgan fingerprint density at radius 2 is 1.86 bits per heavy atom. The number of hydrogen-bond donors (Lipinski definition) is 1. The smallest absolute Gasteiger partial charge is 0.262 e. The Bertz CT molecular complexity index is 1670. The number of fused-ring (bicyclic) bond motifs is 1. The highest BCUT2D eigenvalue weighted by atomic mass is 19.1. The normalized spacial score (nSPS) is 17.0. The first-order valence-electron chi connectivity index (χ1n) is 15.0. The van der Waals surface area contributed by atoms with Crippen molar-refractivity contribution in [3.8, 4) is 17.2 Å². The van der Waals surface area contributed by atoms with Crippen LogP contribution in [0.2, 0.25) is 0 Å². The minimum Gasteiger partial charge on any atom is -0.490 e. The van der Waals surface area contributed by atoms with Gasteiger partial charge in [-0.15, -0.1) is 0 Å². The molecule has 1 aliphatic carbocycles. The molecule has 1 aromatic carbocycles. The highest BCUT2D eigenvalue weighted by Gasteiger charge is 2.54. The number of nitrogens with zero attached hydrogens (tertiary/aromatic N) is 6. The first-order valence-corrected chi connectivity index (χ1v) is 15.0. The van der Waals surface area contributed by atoms with Crippen molar-refractivity contribution in [2.45, 2.75) is 51.8 Å². The Balaban J connectivity index is 1.05. The molecule has 1 N–H and O–H groups in total. The number of hydrogen-bond acceptors (Lipinski definition) is 9. The van der Waals surface area contributed by atoms with Gasteiger partial charge in [-0.2, -0.15) is 0 Å². The third-order valence-electron chi connectivity index (χ3n) is 8.64. The van der Waals surface area contributed by atoms with E-state index in [1.54, 1.807) is 35.6 Å². The number of carbonyl (C=O) groups is 1. The molecule has 0 bridgehead atoms. The van der Waals surface area contributed by atoms with Crippen molar-refractivity contribution < 1.29 is 18.7 Å². The third kappa shape index (κ3) is 5.32. The van der Waals surface area contributed by atoms with Gasteiger partial charge in [0, 0.05) is 79.6 Å². The summed E-state index contributed by atoms with van der Waals surface area (Å²) >= 11 is 0. The minimum atomic E-state index is -0.529. The maximum Gasteiger partial charge on any atom is 0.262 e. The third-order valence-corrected chi connectivity index (χ3v) is 8.64. The van der Waals surface area contributed by atoms with Crippen molar-refractivity contribution in [2.75, 3.05) is 29.4 Å². The number of pyridine rings is 2. The fourth-order valence-electron chi connectivity index (χ4n) is 6.57. The molecule has 7 rings (SSSR count). The van der Waals surface area contributed by atoms with Crippen molar-refractivity contribution in [3.63, 3.8) is 0 Å². The van der Waals surface area contributed by atoms with Crippen LogP contribution >= 0.6 is 0 Å². The molecule has 11 heteroatoms. The molecule has 1 amide bonds. The van der Waals surface area contributed by atoms with Crippen LogP contribution < -0.4 is 24.6 Å². The summed E-state index contributed by atoms with van der Waals surface area (Å²) in [4.78, 5) is 34.8. The zero-order valence-corrected chi connectivity index (χ0v) is 24.7. The van der Waals surface area contributed by atoms with E-state index in [-0.39, 0.29) is 34.8 Å². The molecular weight excluding hydrogens is 561 g/mol. The number of halogens is 1. The first kappa shape index (κ1) is 28.1. The number of ether oxygens (including phenoxy) is 2. The van der Waals surface area contributed by atoms with Crippen molar-refractivity contribution >= 4 is 17.4 Å². The van der Waals surface area contributed by atoms with Crippen LogP contribution in [0, 0.1) is 11.2 Å². The Kier molecular flexibility index (Phi) is 7.33. The van der Waals surface area contributed by atoms with Gasteiger partial charge in [-0.05, 0) is 63.1 Å². The van der Waals surface area contributed by atoms with Gasteiger partial charge in [-0.25, -0.2) is 14.4 Å². The lowest BCUT2D eigenvalue weighted by atomic mass is 9.61. The highest BCUT2D eigenvalue weighted by molar-refractivity contribution is 6.08. The van der Waals surface area contributed by atoms with Gasteiger partial charge in [0.2, 0.25) is 0 Å². The van der Waals surface area contributed by atoms with Crippen LogP contribution in [-0.4, -0.2) is 57.6 Å². The van der Waals surface area contributed by atoms with E-state index < -0.39 is 5.82 Å². The Morgan fingerprint density at radius 1 is 1.05 bits per heavy atom. The zero-order chi connectivity index (χ0) is 30.3. The summed E-state index contributed by atoms with van der Waals surface area (Å²) in [5.74, 6) is 1.31. The van der Waals surface area contributed by atoms with E-state index in [2.05, 4.69) is 30.2 Å². The van der Waals surface area contributed by atoms with Gasteiger partial charge in [-0.3, -0.25) is 14.8 Å². The van der Waals surface area contributed by atoms with Crippen LogP contribution in [0.15, 0.2) is 67.5 Å². The first-order chi connectivity index (χ1) is 21.4. The quantitative estimate of drug-likeness (QED) is 0.303. The van der Waals surface area contributed by atoms with Gasteiger partial charge in [0.25, 0.3) is 5.91 Å². The average molecular weight is 596 g/mol. The lowest BCUT2D eigenvalue weighted by Crippen LogP contribution is -2.65. The van der Waals surface area contributed by atoms with E-state index in [0.29, 0.717) is 17.3 Å². The van der Waals surface area contributed by atoms with Crippen LogP contribution in [0.3, 0.4) is 0 Å². The summed E-state index contributed by atoms with van der Waals surface area (Å²) < 4.78 is 27.2. The second-order valence-electron chi connectivity index (χ2n) is 12.1. The minimum absolute atomic E-state index is 0.109. The van der Waals surface area contributed by atoms with Crippen molar-refractivity contribution in [1.82, 2.24) is 25.3 Å². The predicted molar refractivity (Wildman–Crippen MR) is 163 cm³/mol. The fraction of sp³-hybridized carbons (Fsp3) is 0.364. The van der Waals surface area contributed by atoms with Crippen LogP contribution in [0.1, 0.15) is 48.3 Å². The van der Waals surface area contributed by atoms with Crippen molar-refractivity contribution in [1.29, 1.82) is 0 Å². The molecule has 226 valence electrons. The molecule has 0 radical (unpaired) electrons. The van der Waals surface area contributed by atoms with Crippen molar-refractivity contribution in [3.05, 3.63) is 90.2 Å². The summed E-state index contributed by atoms with van der Waals surface area (Å²) in [5, 5.41) is 3.41. The van der Waals surface area contributed by atoms with Gasteiger partial charge < -0.3 is 24.6 Å². The van der Waals surface area contributed by atoms with Crippen LogP contribution in [0.25, 0.3) is 0 Å². The summed E-state index contributed by atoms with van der Waals surface area (Å²) in [6.45, 7) is 7.17. The number of benzene rings is 1. The predicted octanol–water partition coefficient (Wildman–Crippen LogP) is 4.95. The number of rotatable bonds is 8. The number of carbonyl (C=O) groups excluding carboxylic acids is 1. The van der Waals surface area contributed by atoms with Gasteiger partial charge in [0.05, 0.1) is 11.8 Å². The summed E-state index contributed by atoms with van der Waals surface area (Å²) in [5.41, 5.74) is 3.23. The van der Waals surface area contributed by atoms with E-state index in [4.69, 9.17) is 9.47 Å². The van der Waals surface area contributed by atoms with Crippen LogP contribution in [0.4, 0.5) is 15.9 Å². The maximum absolute atomic E-state index is 14.5. The Morgan fingerprint density at radius 3 is 2.66 bits per heavy atom. The van der Waals surface area contributed by atoms with E-state index in [9.17, 15) is 9.18 Å². The van der Waals surface area contributed by atoms with E-state index >= 15 is 0 Å². The summed E-state index contributed by atoms with van der Waals surface area (Å²) in [6, 6.07) is 9.25. The second kappa shape index (κ2) is 11.5. The van der Waals surface area contributed by atoms with Crippen LogP contribution in [-0.2, 0) is 13.0 Å². The Hall–Kier alpha value is -4.64. The van der Waals surface area contributed by atoms with E-state index in [1.165, 1.54) is 30.1 Å². The van der Waals surface area contributed by atoms with Gasteiger partial charge in [0.1, 0.15) is 29.7 Å². The zero-order valence-electron chi connectivity index (χ0n) is 24.7. The van der Waals surface area contributed by atoms with Crippen molar-refractivity contribution in [2.24, 2.45) is 5.41 Å². The average Bonchev–Trinajstić information content (AvgIpc) is 2.99. The molecule has 4 aromatic rings. The number of aromatic nitrogens is 4. The van der Waals surface area contributed by atoms with E-state index in [1.807, 2.05) is 26.1 Å². The fourth-order valence-corrected chi connectivity index (χ4v) is 6.57. The largest absolute Gasteiger partial charge is 0.490 e. The molecule has 44 heavy (non-hydrogen) atoms. The molecule has 5 heterocycles. The van der Waals surface area contributed by atoms with Crippen LogP contribution in [0.5, 0.6) is 17.2 Å². The molecule has 3 aromatic heterocycles.